The number of carbonyl (C=O) groups excluding carboxylic acids is 2. The fraction of sp³-hybridized carbons (Fsp3) is 0.714. The molecule has 0 aromatic rings. The van der Waals surface area contributed by atoms with Crippen molar-refractivity contribution in [3.05, 3.63) is 0 Å². The SMILES string of the molecule is CNNC(=O)C1(C(=O)[I-]C)CC1. The van der Waals surface area contributed by atoms with Crippen LogP contribution in [0.5, 0.6) is 0 Å². The molecule has 0 aromatic carbocycles. The second-order valence-electron chi connectivity index (χ2n) is 2.75. The van der Waals surface area contributed by atoms with Gasteiger partial charge in [-0.25, -0.2) is 0 Å². The monoisotopic (exact) mass is 283 g/mol. The van der Waals surface area contributed by atoms with Crippen molar-refractivity contribution in [2.45, 2.75) is 12.8 Å². The average Bonchev–Trinajstić information content (AvgIpc) is 2.84. The molecular weight excluding hydrogens is 271 g/mol. The number of amides is 1. The molecule has 1 aliphatic carbocycles. The van der Waals surface area contributed by atoms with Crippen molar-refractivity contribution in [1.82, 2.24) is 10.9 Å². The second-order valence-corrected chi connectivity index (χ2v) is 4.81. The molecule has 0 heterocycles. The number of hydrogen-bond acceptors (Lipinski definition) is 3. The fourth-order valence-electron chi connectivity index (χ4n) is 1.05. The molecular formula is C7H12IN2O2-. The van der Waals surface area contributed by atoms with Crippen molar-refractivity contribution in [3.8, 4) is 0 Å². The molecule has 0 spiro atoms. The van der Waals surface area contributed by atoms with Gasteiger partial charge in [0.1, 0.15) is 0 Å². The van der Waals surface area contributed by atoms with Gasteiger partial charge in [-0.2, -0.15) is 0 Å². The second kappa shape index (κ2) is 3.69. The summed E-state index contributed by atoms with van der Waals surface area (Å²) in [5, 5.41) is 0. The van der Waals surface area contributed by atoms with Crippen molar-refractivity contribution >= 4 is 9.70 Å². The normalized spacial score (nSPS) is 18.8. The summed E-state index contributed by atoms with van der Waals surface area (Å²) in [5.74, 6) is -0.156. The molecule has 1 rings (SSSR count). The van der Waals surface area contributed by atoms with Crippen molar-refractivity contribution < 1.29 is 30.8 Å². The third-order valence-electron chi connectivity index (χ3n) is 1.97. The van der Waals surface area contributed by atoms with Crippen LogP contribution in [0.3, 0.4) is 0 Å². The summed E-state index contributed by atoms with van der Waals surface area (Å²) >= 11 is -0.455. The molecule has 70 valence electrons. The van der Waals surface area contributed by atoms with Gasteiger partial charge in [0.2, 0.25) is 0 Å². The first-order valence-corrected chi connectivity index (χ1v) is 6.92. The van der Waals surface area contributed by atoms with Gasteiger partial charge in [-0.15, -0.1) is 0 Å². The Morgan fingerprint density at radius 3 is 2.33 bits per heavy atom. The maximum absolute atomic E-state index is 11.4. The Morgan fingerprint density at radius 1 is 1.42 bits per heavy atom. The van der Waals surface area contributed by atoms with E-state index in [-0.39, 0.29) is 9.70 Å². The predicted molar refractivity (Wildman–Crippen MR) is 39.8 cm³/mol. The van der Waals surface area contributed by atoms with Gasteiger partial charge >= 0.3 is 81.6 Å². The van der Waals surface area contributed by atoms with Gasteiger partial charge in [-0.3, -0.25) is 0 Å². The molecule has 1 saturated carbocycles. The van der Waals surface area contributed by atoms with Gasteiger partial charge in [0.05, 0.1) is 0 Å². The van der Waals surface area contributed by atoms with E-state index in [0.717, 1.165) is 12.8 Å². The first-order valence-electron chi connectivity index (χ1n) is 3.68. The summed E-state index contributed by atoms with van der Waals surface area (Å²) in [5.41, 5.74) is 4.39. The van der Waals surface area contributed by atoms with Crippen molar-refractivity contribution in [1.29, 1.82) is 0 Å². The van der Waals surface area contributed by atoms with E-state index in [0.29, 0.717) is 0 Å². The molecule has 0 aromatic heterocycles. The van der Waals surface area contributed by atoms with Crippen LogP contribution in [0.2, 0.25) is 0 Å². The van der Waals surface area contributed by atoms with Gasteiger partial charge in [-0.05, 0) is 0 Å². The first kappa shape index (κ1) is 9.91. The molecule has 1 amide bonds. The summed E-state index contributed by atoms with van der Waals surface area (Å²) in [7, 11) is 1.62. The summed E-state index contributed by atoms with van der Waals surface area (Å²) < 4.78 is 0.161. The van der Waals surface area contributed by atoms with Gasteiger partial charge in [0.25, 0.3) is 0 Å². The molecule has 0 atom stereocenters. The van der Waals surface area contributed by atoms with Gasteiger partial charge in [0.15, 0.2) is 0 Å². The molecule has 0 radical (unpaired) electrons. The quantitative estimate of drug-likeness (QED) is 0.183. The summed E-state index contributed by atoms with van der Waals surface area (Å²) in [6.07, 6.45) is 1.46. The minimum atomic E-state index is -0.634. The van der Waals surface area contributed by atoms with E-state index in [2.05, 4.69) is 10.9 Å². The number of nitrogens with one attached hydrogen (secondary N) is 2. The Hall–Kier alpha value is -0.170. The third-order valence-corrected chi connectivity index (χ3v) is 3.98. The number of carbonyl (C=O) groups is 2. The molecule has 0 saturated heterocycles. The van der Waals surface area contributed by atoms with Crippen LogP contribution in [-0.2, 0) is 9.59 Å². The van der Waals surface area contributed by atoms with Crippen molar-refractivity contribution in [3.63, 3.8) is 0 Å². The number of hydrazine groups is 1. The minimum absolute atomic E-state index is 0.156. The van der Waals surface area contributed by atoms with Gasteiger partial charge in [-0.1, -0.05) is 0 Å². The Bertz CT molecular complexity index is 213. The predicted octanol–water partition coefficient (Wildman–Crippen LogP) is -3.74. The zero-order valence-electron chi connectivity index (χ0n) is 7.11. The maximum atomic E-state index is 11.4. The zero-order valence-corrected chi connectivity index (χ0v) is 9.27. The molecule has 1 aliphatic rings. The molecule has 4 nitrogen and oxygen atoms in total. The Balaban J connectivity index is 2.60. The van der Waals surface area contributed by atoms with Crippen LogP contribution >= 0.6 is 0 Å². The van der Waals surface area contributed by atoms with E-state index >= 15 is 0 Å². The number of alkyl halides is 1. The Morgan fingerprint density at radius 2 is 2.00 bits per heavy atom. The molecule has 2 N–H and O–H groups in total. The van der Waals surface area contributed by atoms with Crippen LogP contribution in [0, 0.1) is 5.41 Å². The summed E-state index contributed by atoms with van der Waals surface area (Å²) in [6.45, 7) is 0. The molecule has 0 bridgehead atoms. The standard InChI is InChI=1S/C7H12IN2O2/c1-8-5(11)7(3-4-7)6(12)10-9-2/h9H,3-4H2,1-2H3,(H,10,12)/q-1. The molecule has 1 fully saturated rings. The first-order chi connectivity index (χ1) is 5.67. The zero-order chi connectivity index (χ0) is 9.19. The van der Waals surface area contributed by atoms with Crippen LogP contribution in [-0.4, -0.2) is 21.7 Å². The topological polar surface area (TPSA) is 58.2 Å². The average molecular weight is 283 g/mol. The van der Waals surface area contributed by atoms with Crippen LogP contribution in [0.25, 0.3) is 0 Å². The summed E-state index contributed by atoms with van der Waals surface area (Å²) in [4.78, 5) is 24.6. The van der Waals surface area contributed by atoms with Crippen LogP contribution in [0.15, 0.2) is 0 Å². The Labute approximate surface area is 81.7 Å². The van der Waals surface area contributed by atoms with E-state index < -0.39 is 26.6 Å². The van der Waals surface area contributed by atoms with E-state index in [9.17, 15) is 9.59 Å². The van der Waals surface area contributed by atoms with E-state index in [1.54, 1.807) is 7.05 Å². The van der Waals surface area contributed by atoms with Gasteiger partial charge in [0, 0.05) is 0 Å². The van der Waals surface area contributed by atoms with Gasteiger partial charge < -0.3 is 0 Å². The molecule has 5 heteroatoms. The summed E-state index contributed by atoms with van der Waals surface area (Å²) in [6, 6.07) is 0. The fourth-order valence-corrected chi connectivity index (χ4v) is 2.87. The number of halogens is 1. The molecule has 0 unspecified atom stereocenters. The van der Waals surface area contributed by atoms with Crippen molar-refractivity contribution in [2.75, 3.05) is 12.0 Å². The number of rotatable bonds is 4. The van der Waals surface area contributed by atoms with Crippen LogP contribution < -0.4 is 32.1 Å². The van der Waals surface area contributed by atoms with Crippen molar-refractivity contribution in [2.24, 2.45) is 5.41 Å². The van der Waals surface area contributed by atoms with Crippen LogP contribution in [0.1, 0.15) is 12.8 Å². The van der Waals surface area contributed by atoms with Crippen LogP contribution in [0.4, 0.5) is 0 Å². The van der Waals surface area contributed by atoms with E-state index in [1.165, 1.54) is 0 Å². The van der Waals surface area contributed by atoms with E-state index in [4.69, 9.17) is 0 Å². The molecule has 12 heavy (non-hydrogen) atoms. The Kier molecular flexibility index (Phi) is 3.05. The number of hydrogen-bond donors (Lipinski definition) is 2. The van der Waals surface area contributed by atoms with E-state index in [1.807, 2.05) is 4.93 Å². The third kappa shape index (κ3) is 1.61. The molecule has 0 aliphatic heterocycles.